The van der Waals surface area contributed by atoms with Gasteiger partial charge in [0, 0.05) is 23.2 Å². The van der Waals surface area contributed by atoms with E-state index < -0.39 is 0 Å². The molecule has 0 aliphatic heterocycles. The maximum Gasteiger partial charge on any atom is 0.0894 e. The molecule has 0 amide bonds. The van der Waals surface area contributed by atoms with Crippen LogP contribution in [0.4, 0.5) is 0 Å². The smallest absolute Gasteiger partial charge is 0.0894 e. The second-order valence-corrected chi connectivity index (χ2v) is 5.89. The van der Waals surface area contributed by atoms with E-state index in [4.69, 9.17) is 16.6 Å². The monoisotopic (exact) mass is 360 g/mol. The van der Waals surface area contributed by atoms with Gasteiger partial charge >= 0.3 is 0 Å². The van der Waals surface area contributed by atoms with Crippen molar-refractivity contribution in [3.63, 3.8) is 0 Å². The molecule has 0 N–H and O–H groups in total. The fraction of sp³-hybridized carbons (Fsp3) is 0.130. The number of nitrogens with zero attached hydrogens (tertiary/aromatic N) is 2. The lowest BCUT2D eigenvalue weighted by molar-refractivity contribution is 1.33. The number of benzene rings is 2. The third-order valence-corrected chi connectivity index (χ3v) is 4.36. The third kappa shape index (κ3) is 3.76. The second kappa shape index (κ2) is 8.59. The van der Waals surface area contributed by atoms with Crippen LogP contribution in [0.15, 0.2) is 79.0 Å². The van der Waals surface area contributed by atoms with Crippen molar-refractivity contribution >= 4 is 22.6 Å². The number of halogens is 1. The summed E-state index contributed by atoms with van der Waals surface area (Å²) < 4.78 is 0. The standard InChI is InChI=1S/C21H15ClN2.C2H6/c22-14-15-8-10-17(11-9-15)21-18(16-5-2-1-3-6-16)13-20-19(24-21)7-4-12-23-20;1-2/h1-13H,14H2;1-2H3. The van der Waals surface area contributed by atoms with Crippen LogP contribution in [-0.4, -0.2) is 9.97 Å². The zero-order valence-electron chi connectivity index (χ0n) is 15.0. The van der Waals surface area contributed by atoms with E-state index in [9.17, 15) is 0 Å². The number of fused-ring (bicyclic) bond motifs is 1. The summed E-state index contributed by atoms with van der Waals surface area (Å²) in [5, 5.41) is 0. The zero-order chi connectivity index (χ0) is 18.4. The highest BCUT2D eigenvalue weighted by atomic mass is 35.5. The highest BCUT2D eigenvalue weighted by molar-refractivity contribution is 6.17. The molecule has 130 valence electrons. The summed E-state index contributed by atoms with van der Waals surface area (Å²) in [5.74, 6) is 0.515. The lowest BCUT2D eigenvalue weighted by atomic mass is 9.98. The Balaban J connectivity index is 0.000000948. The van der Waals surface area contributed by atoms with Crippen LogP contribution >= 0.6 is 11.6 Å². The minimum atomic E-state index is 0.515. The van der Waals surface area contributed by atoms with Gasteiger partial charge in [0.1, 0.15) is 0 Å². The van der Waals surface area contributed by atoms with Crippen LogP contribution in [0.1, 0.15) is 19.4 Å². The van der Waals surface area contributed by atoms with Crippen molar-refractivity contribution in [3.05, 3.63) is 84.6 Å². The first-order chi connectivity index (χ1) is 12.8. The van der Waals surface area contributed by atoms with Crippen LogP contribution in [0.3, 0.4) is 0 Å². The first-order valence-electron chi connectivity index (χ1n) is 8.81. The molecule has 0 radical (unpaired) electrons. The van der Waals surface area contributed by atoms with Crippen molar-refractivity contribution in [1.82, 2.24) is 9.97 Å². The molecule has 0 saturated carbocycles. The van der Waals surface area contributed by atoms with E-state index in [1.165, 1.54) is 0 Å². The summed E-state index contributed by atoms with van der Waals surface area (Å²) in [6.07, 6.45) is 1.80. The number of rotatable bonds is 3. The molecule has 0 atom stereocenters. The molecule has 3 heteroatoms. The van der Waals surface area contributed by atoms with Crippen molar-refractivity contribution in [1.29, 1.82) is 0 Å². The van der Waals surface area contributed by atoms with E-state index in [0.717, 1.165) is 39.0 Å². The molecule has 0 unspecified atom stereocenters. The number of hydrogen-bond acceptors (Lipinski definition) is 2. The van der Waals surface area contributed by atoms with Crippen LogP contribution in [0, 0.1) is 0 Å². The molecule has 4 aromatic rings. The highest BCUT2D eigenvalue weighted by Crippen LogP contribution is 2.33. The lowest BCUT2D eigenvalue weighted by Gasteiger charge is -2.11. The van der Waals surface area contributed by atoms with Crippen LogP contribution in [0.25, 0.3) is 33.4 Å². The van der Waals surface area contributed by atoms with Gasteiger partial charge in [-0.05, 0) is 29.3 Å². The molecule has 0 aliphatic rings. The van der Waals surface area contributed by atoms with Crippen LogP contribution < -0.4 is 0 Å². The second-order valence-electron chi connectivity index (χ2n) is 5.62. The summed E-state index contributed by atoms with van der Waals surface area (Å²) in [7, 11) is 0. The summed E-state index contributed by atoms with van der Waals surface area (Å²) in [5.41, 5.74) is 7.15. The fourth-order valence-electron chi connectivity index (χ4n) is 2.81. The molecule has 26 heavy (non-hydrogen) atoms. The molecule has 2 heterocycles. The van der Waals surface area contributed by atoms with E-state index in [1.54, 1.807) is 6.20 Å². The van der Waals surface area contributed by atoms with E-state index in [2.05, 4.69) is 35.3 Å². The van der Waals surface area contributed by atoms with Gasteiger partial charge in [-0.25, -0.2) is 4.98 Å². The van der Waals surface area contributed by atoms with Crippen LogP contribution in [-0.2, 0) is 5.88 Å². The van der Waals surface area contributed by atoms with Crippen molar-refractivity contribution < 1.29 is 0 Å². The molecule has 0 bridgehead atoms. The lowest BCUT2D eigenvalue weighted by Crippen LogP contribution is -1.93. The van der Waals surface area contributed by atoms with Gasteiger partial charge in [-0.2, -0.15) is 0 Å². The SMILES string of the molecule is CC.ClCc1ccc(-c2nc3cccnc3cc2-c2ccccc2)cc1. The Hall–Kier alpha value is -2.71. The quantitative estimate of drug-likeness (QED) is 0.378. The zero-order valence-corrected chi connectivity index (χ0v) is 15.7. The Morgan fingerprint density at radius 3 is 2.19 bits per heavy atom. The summed E-state index contributed by atoms with van der Waals surface area (Å²) in [4.78, 5) is 9.33. The number of aromatic nitrogens is 2. The molecular formula is C23H21ClN2. The van der Waals surface area contributed by atoms with Gasteiger partial charge in [0.15, 0.2) is 0 Å². The molecule has 0 spiro atoms. The Labute approximate surface area is 159 Å². The molecule has 2 nitrogen and oxygen atoms in total. The largest absolute Gasteiger partial charge is 0.255 e. The maximum atomic E-state index is 5.91. The van der Waals surface area contributed by atoms with Gasteiger partial charge in [0.25, 0.3) is 0 Å². The molecule has 2 aromatic carbocycles. The Bertz CT molecular complexity index is 980. The highest BCUT2D eigenvalue weighted by Gasteiger charge is 2.11. The maximum absolute atomic E-state index is 5.91. The first-order valence-corrected chi connectivity index (χ1v) is 9.35. The average Bonchev–Trinajstić information content (AvgIpc) is 2.75. The van der Waals surface area contributed by atoms with Crippen LogP contribution in [0.5, 0.6) is 0 Å². The third-order valence-electron chi connectivity index (χ3n) is 4.05. The van der Waals surface area contributed by atoms with Gasteiger partial charge in [0.2, 0.25) is 0 Å². The number of hydrogen-bond donors (Lipinski definition) is 0. The van der Waals surface area contributed by atoms with Crippen molar-refractivity contribution in [3.8, 4) is 22.4 Å². The molecule has 0 fully saturated rings. The molecule has 0 aliphatic carbocycles. The summed E-state index contributed by atoms with van der Waals surface area (Å²) >= 11 is 5.91. The van der Waals surface area contributed by atoms with Gasteiger partial charge in [-0.3, -0.25) is 4.98 Å². The normalized spacial score (nSPS) is 10.3. The first kappa shape index (κ1) is 18.1. The minimum absolute atomic E-state index is 0.515. The van der Waals surface area contributed by atoms with Crippen molar-refractivity contribution in [2.45, 2.75) is 19.7 Å². The van der Waals surface area contributed by atoms with Crippen molar-refractivity contribution in [2.75, 3.05) is 0 Å². The minimum Gasteiger partial charge on any atom is -0.255 e. The number of pyridine rings is 2. The van der Waals surface area contributed by atoms with Gasteiger partial charge in [-0.1, -0.05) is 68.4 Å². The summed E-state index contributed by atoms with van der Waals surface area (Å²) in [6.45, 7) is 4.00. The molecule has 0 saturated heterocycles. The number of alkyl halides is 1. The Kier molecular flexibility index (Phi) is 5.98. The predicted molar refractivity (Wildman–Crippen MR) is 111 cm³/mol. The predicted octanol–water partition coefficient (Wildman–Crippen LogP) is 6.73. The fourth-order valence-corrected chi connectivity index (χ4v) is 2.99. The van der Waals surface area contributed by atoms with E-state index in [1.807, 2.05) is 56.3 Å². The Morgan fingerprint density at radius 2 is 1.50 bits per heavy atom. The topological polar surface area (TPSA) is 25.8 Å². The van der Waals surface area contributed by atoms with Crippen LogP contribution in [0.2, 0.25) is 0 Å². The van der Waals surface area contributed by atoms with Gasteiger partial charge < -0.3 is 0 Å². The average molecular weight is 361 g/mol. The Morgan fingerprint density at radius 1 is 0.769 bits per heavy atom. The van der Waals surface area contributed by atoms with E-state index in [-0.39, 0.29) is 0 Å². The molecule has 2 aromatic heterocycles. The molecule has 4 rings (SSSR count). The van der Waals surface area contributed by atoms with Gasteiger partial charge in [0.05, 0.1) is 16.7 Å². The molecular weight excluding hydrogens is 340 g/mol. The van der Waals surface area contributed by atoms with Crippen molar-refractivity contribution in [2.24, 2.45) is 0 Å². The van der Waals surface area contributed by atoms with E-state index >= 15 is 0 Å². The summed E-state index contributed by atoms with van der Waals surface area (Å²) in [6, 6.07) is 24.6. The van der Waals surface area contributed by atoms with Gasteiger partial charge in [-0.15, -0.1) is 11.6 Å². The van der Waals surface area contributed by atoms with E-state index in [0.29, 0.717) is 5.88 Å².